The predicted octanol–water partition coefficient (Wildman–Crippen LogP) is 3.34. The van der Waals surface area contributed by atoms with E-state index >= 15 is 0 Å². The van der Waals surface area contributed by atoms with Gasteiger partial charge in [0.2, 0.25) is 11.8 Å². The molecule has 0 bridgehead atoms. The quantitative estimate of drug-likeness (QED) is 0.723. The molecule has 2 aromatic carbocycles. The van der Waals surface area contributed by atoms with Gasteiger partial charge in [0.25, 0.3) is 0 Å². The van der Waals surface area contributed by atoms with Crippen LogP contribution in [0.4, 0.5) is 5.69 Å². The van der Waals surface area contributed by atoms with E-state index in [4.69, 9.17) is 4.74 Å². The minimum Gasteiger partial charge on any atom is -0.497 e. The third-order valence-corrected chi connectivity index (χ3v) is 6.45. The highest BCUT2D eigenvalue weighted by Crippen LogP contribution is 2.27. The van der Waals surface area contributed by atoms with E-state index in [2.05, 4.69) is 23.1 Å². The minimum absolute atomic E-state index is 0.0712. The number of hydrogen-bond acceptors (Lipinski definition) is 4. The van der Waals surface area contributed by atoms with E-state index in [1.807, 2.05) is 54.0 Å². The van der Waals surface area contributed by atoms with Crippen molar-refractivity contribution in [2.45, 2.75) is 39.3 Å². The number of nitrogens with zero attached hydrogens (tertiary/aromatic N) is 3. The van der Waals surface area contributed by atoms with Crippen LogP contribution in [-0.2, 0) is 22.6 Å². The van der Waals surface area contributed by atoms with Gasteiger partial charge in [-0.3, -0.25) is 9.59 Å². The van der Waals surface area contributed by atoms with Crippen molar-refractivity contribution in [3.63, 3.8) is 0 Å². The van der Waals surface area contributed by atoms with Crippen molar-refractivity contribution < 1.29 is 14.3 Å². The highest BCUT2D eigenvalue weighted by molar-refractivity contribution is 5.89. The van der Waals surface area contributed by atoms with Crippen molar-refractivity contribution in [3.8, 4) is 5.75 Å². The van der Waals surface area contributed by atoms with E-state index in [0.717, 1.165) is 30.1 Å². The molecule has 0 spiro atoms. The van der Waals surface area contributed by atoms with Crippen molar-refractivity contribution in [2.75, 3.05) is 38.2 Å². The van der Waals surface area contributed by atoms with Crippen LogP contribution in [0.1, 0.15) is 31.4 Å². The summed E-state index contributed by atoms with van der Waals surface area (Å²) >= 11 is 0. The SMILES string of the molecule is COc1cccc(N2CCN(C(=O)C3Cc4ccccc4CN3C(=O)CC(C)C)CC2)c1. The van der Waals surface area contributed by atoms with E-state index in [1.54, 1.807) is 7.11 Å². The third-order valence-electron chi connectivity index (χ3n) is 6.45. The second-order valence-corrected chi connectivity index (χ2v) is 9.12. The summed E-state index contributed by atoms with van der Waals surface area (Å²) in [7, 11) is 1.67. The second-order valence-electron chi connectivity index (χ2n) is 9.12. The maximum Gasteiger partial charge on any atom is 0.245 e. The zero-order valence-electron chi connectivity index (χ0n) is 19.3. The third kappa shape index (κ3) is 4.74. The van der Waals surface area contributed by atoms with Gasteiger partial charge in [-0.2, -0.15) is 0 Å². The number of hydrogen-bond donors (Lipinski definition) is 0. The molecule has 1 saturated heterocycles. The summed E-state index contributed by atoms with van der Waals surface area (Å²) in [6.07, 6.45) is 1.06. The van der Waals surface area contributed by atoms with E-state index in [-0.39, 0.29) is 17.7 Å². The fourth-order valence-corrected chi connectivity index (χ4v) is 4.68. The van der Waals surface area contributed by atoms with E-state index in [9.17, 15) is 9.59 Å². The average molecular weight is 436 g/mol. The largest absolute Gasteiger partial charge is 0.497 e. The topological polar surface area (TPSA) is 53.1 Å². The molecule has 6 heteroatoms. The van der Waals surface area contributed by atoms with Crippen molar-refractivity contribution in [1.82, 2.24) is 9.80 Å². The molecule has 0 N–H and O–H groups in total. The van der Waals surface area contributed by atoms with Gasteiger partial charge >= 0.3 is 0 Å². The smallest absolute Gasteiger partial charge is 0.245 e. The number of carbonyl (C=O) groups is 2. The lowest BCUT2D eigenvalue weighted by Gasteiger charge is -2.42. The van der Waals surface area contributed by atoms with Gasteiger partial charge in [0, 0.05) is 57.3 Å². The summed E-state index contributed by atoms with van der Waals surface area (Å²) in [6.45, 7) is 7.45. The number of piperazine rings is 1. The van der Waals surface area contributed by atoms with Crippen molar-refractivity contribution in [3.05, 3.63) is 59.7 Å². The Kier molecular flexibility index (Phi) is 6.68. The number of fused-ring (bicyclic) bond motifs is 1. The van der Waals surface area contributed by atoms with E-state index < -0.39 is 6.04 Å². The van der Waals surface area contributed by atoms with Gasteiger partial charge < -0.3 is 19.4 Å². The normalized spacial score (nSPS) is 18.5. The molecule has 0 radical (unpaired) electrons. The minimum atomic E-state index is -0.417. The molecule has 32 heavy (non-hydrogen) atoms. The van der Waals surface area contributed by atoms with Gasteiger partial charge in [0.05, 0.1) is 7.11 Å². The summed E-state index contributed by atoms with van der Waals surface area (Å²) in [4.78, 5) is 32.7. The number of rotatable bonds is 5. The fraction of sp³-hybridized carbons (Fsp3) is 0.462. The first kappa shape index (κ1) is 22.2. The van der Waals surface area contributed by atoms with Crippen LogP contribution in [-0.4, -0.2) is 60.9 Å². The van der Waals surface area contributed by atoms with Gasteiger partial charge in [-0.1, -0.05) is 44.2 Å². The molecule has 2 aliphatic heterocycles. The lowest BCUT2D eigenvalue weighted by Crippen LogP contribution is -2.57. The number of carbonyl (C=O) groups excluding carboxylic acids is 2. The molecule has 1 unspecified atom stereocenters. The second kappa shape index (κ2) is 9.63. The predicted molar refractivity (Wildman–Crippen MR) is 126 cm³/mol. The summed E-state index contributed by atoms with van der Waals surface area (Å²) in [6, 6.07) is 15.8. The Balaban J connectivity index is 1.47. The zero-order valence-corrected chi connectivity index (χ0v) is 19.3. The van der Waals surface area contributed by atoms with Gasteiger partial charge in [0.1, 0.15) is 11.8 Å². The number of anilines is 1. The van der Waals surface area contributed by atoms with E-state index in [1.165, 1.54) is 5.56 Å². The maximum absolute atomic E-state index is 13.6. The standard InChI is InChI=1S/C26H33N3O3/c1-19(2)15-25(30)29-18-21-8-5-4-7-20(21)16-24(29)26(31)28-13-11-27(12-14-28)22-9-6-10-23(17-22)32-3/h4-10,17,19,24H,11-16,18H2,1-3H3. The summed E-state index contributed by atoms with van der Waals surface area (Å²) in [5, 5.41) is 0. The Labute approximate surface area is 190 Å². The Hall–Kier alpha value is -3.02. The Morgan fingerprint density at radius 2 is 1.72 bits per heavy atom. The Bertz CT molecular complexity index is 966. The lowest BCUT2D eigenvalue weighted by molar-refractivity contribution is -0.147. The molecule has 2 aliphatic rings. The molecule has 0 aliphatic carbocycles. The molecule has 2 heterocycles. The van der Waals surface area contributed by atoms with Crippen LogP contribution in [0.15, 0.2) is 48.5 Å². The van der Waals surface area contributed by atoms with Gasteiger partial charge in [-0.15, -0.1) is 0 Å². The van der Waals surface area contributed by atoms with Crippen molar-refractivity contribution in [1.29, 1.82) is 0 Å². The average Bonchev–Trinajstić information content (AvgIpc) is 2.82. The highest BCUT2D eigenvalue weighted by atomic mass is 16.5. The number of ether oxygens (including phenoxy) is 1. The molecular weight excluding hydrogens is 402 g/mol. The van der Waals surface area contributed by atoms with Gasteiger partial charge in [-0.05, 0) is 29.2 Å². The maximum atomic E-state index is 13.6. The van der Waals surface area contributed by atoms with E-state index in [0.29, 0.717) is 32.5 Å². The fourth-order valence-electron chi connectivity index (χ4n) is 4.68. The number of methoxy groups -OCH3 is 1. The highest BCUT2D eigenvalue weighted by Gasteiger charge is 2.37. The number of amides is 2. The van der Waals surface area contributed by atoms with Crippen LogP contribution in [0.3, 0.4) is 0 Å². The van der Waals surface area contributed by atoms with Crippen LogP contribution in [0.25, 0.3) is 0 Å². The molecule has 4 rings (SSSR count). The molecule has 2 amide bonds. The van der Waals surface area contributed by atoms with Crippen LogP contribution < -0.4 is 9.64 Å². The molecule has 1 fully saturated rings. The molecule has 6 nitrogen and oxygen atoms in total. The van der Waals surface area contributed by atoms with Crippen molar-refractivity contribution in [2.24, 2.45) is 5.92 Å². The summed E-state index contributed by atoms with van der Waals surface area (Å²) in [5.41, 5.74) is 3.43. The molecular formula is C26H33N3O3. The Morgan fingerprint density at radius 3 is 2.41 bits per heavy atom. The number of benzene rings is 2. The first-order valence-electron chi connectivity index (χ1n) is 11.5. The Morgan fingerprint density at radius 1 is 1.00 bits per heavy atom. The zero-order chi connectivity index (χ0) is 22.7. The lowest BCUT2D eigenvalue weighted by atomic mass is 9.92. The molecule has 0 saturated carbocycles. The van der Waals surface area contributed by atoms with Crippen molar-refractivity contribution >= 4 is 17.5 Å². The summed E-state index contributed by atoms with van der Waals surface area (Å²) < 4.78 is 5.35. The van der Waals surface area contributed by atoms with Crippen LogP contribution in [0.2, 0.25) is 0 Å². The van der Waals surface area contributed by atoms with Crippen LogP contribution in [0.5, 0.6) is 5.75 Å². The monoisotopic (exact) mass is 435 g/mol. The first-order chi connectivity index (χ1) is 15.5. The summed E-state index contributed by atoms with van der Waals surface area (Å²) in [5.74, 6) is 1.24. The van der Waals surface area contributed by atoms with Crippen LogP contribution in [0, 0.1) is 5.92 Å². The molecule has 0 aromatic heterocycles. The van der Waals surface area contributed by atoms with Gasteiger partial charge in [-0.25, -0.2) is 0 Å². The molecule has 1 atom stereocenters. The first-order valence-corrected chi connectivity index (χ1v) is 11.5. The van der Waals surface area contributed by atoms with Gasteiger partial charge in [0.15, 0.2) is 0 Å². The molecule has 170 valence electrons. The van der Waals surface area contributed by atoms with Crippen LogP contribution >= 0.6 is 0 Å². The molecule has 2 aromatic rings.